The summed E-state index contributed by atoms with van der Waals surface area (Å²) in [4.78, 5) is 13.7. The lowest BCUT2D eigenvalue weighted by molar-refractivity contribution is -0.113. The zero-order valence-electron chi connectivity index (χ0n) is 12.2. The number of anilines is 1. The van der Waals surface area contributed by atoms with Gasteiger partial charge < -0.3 is 16.0 Å². The van der Waals surface area contributed by atoms with Gasteiger partial charge in [0.1, 0.15) is 5.82 Å². The Labute approximate surface area is 142 Å². The molecule has 0 fully saturated rings. The second kappa shape index (κ2) is 6.47. The number of para-hydroxylation sites is 1. The average Bonchev–Trinajstić information content (AvgIpc) is 3.03. The Morgan fingerprint density at radius 3 is 2.78 bits per heavy atom. The number of halogens is 1. The topological polar surface area (TPSA) is 53.2 Å². The fraction of sp³-hybridized carbons (Fsp3) is 0.125. The third-order valence-electron chi connectivity index (χ3n) is 3.46. The minimum absolute atomic E-state index is 0.149. The molecule has 2 heterocycles. The van der Waals surface area contributed by atoms with E-state index < -0.39 is 5.82 Å². The van der Waals surface area contributed by atoms with Crippen molar-refractivity contribution in [1.82, 2.24) is 10.6 Å². The van der Waals surface area contributed by atoms with Gasteiger partial charge in [-0.15, -0.1) is 11.3 Å². The highest BCUT2D eigenvalue weighted by molar-refractivity contribution is 7.80. The lowest BCUT2D eigenvalue weighted by Crippen LogP contribution is -2.45. The molecule has 1 unspecified atom stereocenters. The van der Waals surface area contributed by atoms with Crippen molar-refractivity contribution < 1.29 is 9.18 Å². The number of hydrogen-bond donors (Lipinski definition) is 3. The minimum atomic E-state index is -0.473. The van der Waals surface area contributed by atoms with E-state index in [0.29, 0.717) is 16.4 Å². The summed E-state index contributed by atoms with van der Waals surface area (Å²) >= 11 is 6.71. The van der Waals surface area contributed by atoms with E-state index >= 15 is 0 Å². The van der Waals surface area contributed by atoms with E-state index in [0.717, 1.165) is 4.88 Å². The van der Waals surface area contributed by atoms with Crippen molar-refractivity contribution in [3.8, 4) is 0 Å². The molecule has 2 aromatic rings. The van der Waals surface area contributed by atoms with Gasteiger partial charge in [0.25, 0.3) is 5.91 Å². The number of amides is 1. The molecule has 0 bridgehead atoms. The van der Waals surface area contributed by atoms with Gasteiger partial charge in [-0.25, -0.2) is 4.39 Å². The molecule has 1 aromatic carbocycles. The van der Waals surface area contributed by atoms with Gasteiger partial charge in [0, 0.05) is 10.6 Å². The number of allylic oxidation sites excluding steroid dienone is 1. The maximum absolute atomic E-state index is 13.8. The molecule has 1 amide bonds. The maximum atomic E-state index is 13.8. The lowest BCUT2D eigenvalue weighted by Gasteiger charge is -2.29. The largest absolute Gasteiger partial charge is 0.350 e. The first-order chi connectivity index (χ1) is 11.1. The first kappa shape index (κ1) is 15.6. The highest BCUT2D eigenvalue weighted by atomic mass is 32.1. The fourth-order valence-electron chi connectivity index (χ4n) is 2.42. The summed E-state index contributed by atoms with van der Waals surface area (Å²) in [5, 5.41) is 11.1. The number of thiocarbonyl (C=S) groups is 1. The maximum Gasteiger partial charge on any atom is 0.255 e. The van der Waals surface area contributed by atoms with E-state index in [1.54, 1.807) is 19.1 Å². The zero-order valence-corrected chi connectivity index (χ0v) is 13.9. The van der Waals surface area contributed by atoms with Crippen LogP contribution in [0.4, 0.5) is 10.1 Å². The second-order valence-corrected chi connectivity index (χ2v) is 6.41. The number of carbonyl (C=O) groups is 1. The quantitative estimate of drug-likeness (QED) is 0.746. The number of rotatable bonds is 3. The van der Waals surface area contributed by atoms with E-state index in [-0.39, 0.29) is 17.6 Å². The van der Waals surface area contributed by atoms with Crippen molar-refractivity contribution in [1.29, 1.82) is 0 Å². The predicted octanol–water partition coefficient (Wildman–Crippen LogP) is 3.32. The Morgan fingerprint density at radius 1 is 1.30 bits per heavy atom. The monoisotopic (exact) mass is 347 g/mol. The van der Waals surface area contributed by atoms with Crippen LogP contribution in [-0.2, 0) is 4.79 Å². The Morgan fingerprint density at radius 2 is 2.09 bits per heavy atom. The summed E-state index contributed by atoms with van der Waals surface area (Å²) in [6.45, 7) is 1.78. The zero-order chi connectivity index (χ0) is 16.4. The third-order valence-corrected chi connectivity index (χ3v) is 4.62. The van der Waals surface area contributed by atoms with Crippen LogP contribution >= 0.6 is 23.6 Å². The minimum Gasteiger partial charge on any atom is -0.350 e. The summed E-state index contributed by atoms with van der Waals surface area (Å²) < 4.78 is 13.8. The molecule has 1 atom stereocenters. The van der Waals surface area contributed by atoms with E-state index in [4.69, 9.17) is 12.2 Å². The molecule has 3 N–H and O–H groups in total. The van der Waals surface area contributed by atoms with E-state index in [9.17, 15) is 9.18 Å². The van der Waals surface area contributed by atoms with Gasteiger partial charge in [-0.2, -0.15) is 0 Å². The number of carbonyl (C=O) groups excluding carboxylic acids is 1. The highest BCUT2D eigenvalue weighted by Crippen LogP contribution is 2.30. The van der Waals surface area contributed by atoms with Gasteiger partial charge >= 0.3 is 0 Å². The molecule has 0 aliphatic carbocycles. The van der Waals surface area contributed by atoms with Crippen LogP contribution in [0.5, 0.6) is 0 Å². The fourth-order valence-corrected chi connectivity index (χ4v) is 3.47. The van der Waals surface area contributed by atoms with Crippen LogP contribution in [0.25, 0.3) is 0 Å². The first-order valence-electron chi connectivity index (χ1n) is 6.94. The first-order valence-corrected chi connectivity index (χ1v) is 8.22. The highest BCUT2D eigenvalue weighted by Gasteiger charge is 2.30. The van der Waals surface area contributed by atoms with Crippen LogP contribution < -0.4 is 16.0 Å². The van der Waals surface area contributed by atoms with Crippen molar-refractivity contribution in [2.24, 2.45) is 0 Å². The molecule has 1 aromatic heterocycles. The van der Waals surface area contributed by atoms with Crippen LogP contribution in [0.15, 0.2) is 53.0 Å². The molecule has 7 heteroatoms. The van der Waals surface area contributed by atoms with Crippen LogP contribution in [0.1, 0.15) is 17.8 Å². The Hall–Kier alpha value is -2.25. The molecule has 23 heavy (non-hydrogen) atoms. The third kappa shape index (κ3) is 3.25. The molecule has 0 radical (unpaired) electrons. The standard InChI is InChI=1S/C16H14FN3OS2/c1-9-13(15(21)19-11-6-3-2-5-10(11)17)14(20-16(22)18-9)12-7-4-8-23-12/h2-8,14H,1H3,(H,19,21)(H2,18,20,22). The van der Waals surface area contributed by atoms with Gasteiger partial charge in [-0.1, -0.05) is 18.2 Å². The Balaban J connectivity index is 1.94. The Bertz CT molecular complexity index is 786. The summed E-state index contributed by atoms with van der Waals surface area (Å²) in [6.07, 6.45) is 0. The SMILES string of the molecule is CC1=C(C(=O)Nc2ccccc2F)C(c2cccs2)NC(=S)N1. The predicted molar refractivity (Wildman–Crippen MR) is 93.7 cm³/mol. The normalized spacial score (nSPS) is 17.5. The van der Waals surface area contributed by atoms with Crippen LogP contribution in [0, 0.1) is 5.82 Å². The van der Waals surface area contributed by atoms with E-state index in [2.05, 4.69) is 16.0 Å². The molecular weight excluding hydrogens is 333 g/mol. The summed E-state index contributed by atoms with van der Waals surface area (Å²) in [5.74, 6) is -0.840. The summed E-state index contributed by atoms with van der Waals surface area (Å²) in [6, 6.07) is 9.57. The Kier molecular flexibility index (Phi) is 4.40. The molecule has 1 aliphatic heterocycles. The van der Waals surface area contributed by atoms with Crippen LogP contribution in [0.2, 0.25) is 0 Å². The van der Waals surface area contributed by atoms with Crippen LogP contribution in [0.3, 0.4) is 0 Å². The lowest BCUT2D eigenvalue weighted by atomic mass is 10.0. The van der Waals surface area contributed by atoms with E-state index in [1.165, 1.54) is 23.5 Å². The molecule has 0 spiro atoms. The second-order valence-electron chi connectivity index (χ2n) is 5.02. The molecule has 0 saturated heterocycles. The average molecular weight is 347 g/mol. The summed E-state index contributed by atoms with van der Waals surface area (Å²) in [5.41, 5.74) is 1.29. The molecule has 0 saturated carbocycles. The number of hydrogen-bond acceptors (Lipinski definition) is 3. The van der Waals surface area contributed by atoms with Gasteiger partial charge in [-0.3, -0.25) is 4.79 Å². The molecule has 1 aliphatic rings. The number of thiophene rings is 1. The molecular formula is C16H14FN3OS2. The number of benzene rings is 1. The van der Waals surface area contributed by atoms with Gasteiger partial charge in [0.2, 0.25) is 0 Å². The van der Waals surface area contributed by atoms with E-state index in [1.807, 2.05) is 17.5 Å². The van der Waals surface area contributed by atoms with Gasteiger partial charge in [0.15, 0.2) is 5.11 Å². The van der Waals surface area contributed by atoms with Crippen molar-refractivity contribution in [2.75, 3.05) is 5.32 Å². The van der Waals surface area contributed by atoms with Crippen molar-refractivity contribution in [2.45, 2.75) is 13.0 Å². The summed E-state index contributed by atoms with van der Waals surface area (Å²) in [7, 11) is 0. The van der Waals surface area contributed by atoms with Crippen molar-refractivity contribution in [3.63, 3.8) is 0 Å². The van der Waals surface area contributed by atoms with Crippen LogP contribution in [-0.4, -0.2) is 11.0 Å². The smallest absolute Gasteiger partial charge is 0.255 e. The van der Waals surface area contributed by atoms with Crippen molar-refractivity contribution in [3.05, 3.63) is 63.7 Å². The van der Waals surface area contributed by atoms with Gasteiger partial charge in [0.05, 0.1) is 17.3 Å². The molecule has 118 valence electrons. The molecule has 3 rings (SSSR count). The number of nitrogens with one attached hydrogen (secondary N) is 3. The van der Waals surface area contributed by atoms with Crippen molar-refractivity contribution >= 4 is 40.3 Å². The van der Waals surface area contributed by atoms with Gasteiger partial charge in [-0.05, 0) is 42.7 Å². The molecule has 4 nitrogen and oxygen atoms in total.